The molecule has 0 radical (unpaired) electrons. The minimum Gasteiger partial charge on any atom is -0.380 e. The second-order valence-electron chi connectivity index (χ2n) is 6.93. The number of benzene rings is 2. The second kappa shape index (κ2) is 5.69. The zero-order valence-corrected chi connectivity index (χ0v) is 14.1. The molecule has 2 aromatic carbocycles. The van der Waals surface area contributed by atoms with E-state index in [0.29, 0.717) is 6.61 Å². The molecule has 1 saturated carbocycles. The summed E-state index contributed by atoms with van der Waals surface area (Å²) in [4.78, 5) is 0. The van der Waals surface area contributed by atoms with Gasteiger partial charge in [0.15, 0.2) is 5.79 Å². The predicted molar refractivity (Wildman–Crippen MR) is 92.5 cm³/mol. The lowest BCUT2D eigenvalue weighted by molar-refractivity contribution is -0.268. The Morgan fingerprint density at radius 3 is 2.04 bits per heavy atom. The number of hydrogen-bond donors (Lipinski definition) is 1. The van der Waals surface area contributed by atoms with Gasteiger partial charge in [-0.15, -0.1) is 0 Å². The fraction of sp³-hybridized carbons (Fsp3) is 0.429. The van der Waals surface area contributed by atoms with Crippen molar-refractivity contribution in [3.8, 4) is 0 Å². The molecule has 1 heterocycles. The molecule has 0 bridgehead atoms. The minimum atomic E-state index is -1.14. The van der Waals surface area contributed by atoms with E-state index in [-0.39, 0.29) is 0 Å². The van der Waals surface area contributed by atoms with Gasteiger partial charge < -0.3 is 14.6 Å². The maximum absolute atomic E-state index is 12.3. The van der Waals surface area contributed by atoms with Crippen LogP contribution in [0.15, 0.2) is 60.7 Å². The Hall–Kier alpha value is -1.68. The normalized spacial score (nSPS) is 29.6. The van der Waals surface area contributed by atoms with E-state index in [1.165, 1.54) is 0 Å². The van der Waals surface area contributed by atoms with Crippen LogP contribution in [-0.2, 0) is 15.1 Å². The third-order valence-electron chi connectivity index (χ3n) is 6.11. The minimum absolute atomic E-state index is 0.475. The fourth-order valence-corrected chi connectivity index (χ4v) is 5.04. The standard InChI is InChI=1S/C21H24O3/c1-23-20-14-8-13-19(20,15-16-24-20)21(22,17-9-4-2-5-10-17)18-11-6-3-7-12-18/h2-7,9-12,22H,8,13-16H2,1H3/t19-,20+/m1/s1. The maximum Gasteiger partial charge on any atom is 0.176 e. The van der Waals surface area contributed by atoms with Gasteiger partial charge in [-0.2, -0.15) is 0 Å². The monoisotopic (exact) mass is 324 g/mol. The quantitative estimate of drug-likeness (QED) is 0.928. The van der Waals surface area contributed by atoms with Crippen LogP contribution in [0.2, 0.25) is 0 Å². The third-order valence-corrected chi connectivity index (χ3v) is 6.11. The molecule has 24 heavy (non-hydrogen) atoms. The molecule has 4 rings (SSSR count). The molecule has 1 aliphatic heterocycles. The molecule has 2 fully saturated rings. The van der Waals surface area contributed by atoms with Gasteiger partial charge in [-0.05, 0) is 30.4 Å². The first-order valence-electron chi connectivity index (χ1n) is 8.71. The Morgan fingerprint density at radius 1 is 0.917 bits per heavy atom. The average molecular weight is 324 g/mol. The SMILES string of the molecule is CO[C@]12CCC[C@@]1(C(O)(c1ccccc1)c1ccccc1)CCO2. The van der Waals surface area contributed by atoms with Crippen molar-refractivity contribution in [1.82, 2.24) is 0 Å². The van der Waals surface area contributed by atoms with Crippen molar-refractivity contribution in [2.45, 2.75) is 37.1 Å². The Labute approximate surface area is 143 Å². The summed E-state index contributed by atoms with van der Waals surface area (Å²) >= 11 is 0. The van der Waals surface area contributed by atoms with E-state index in [1.807, 2.05) is 60.7 Å². The Balaban J connectivity index is 1.98. The highest BCUT2D eigenvalue weighted by Crippen LogP contribution is 2.65. The molecule has 1 saturated heterocycles. The topological polar surface area (TPSA) is 38.7 Å². The number of hydrogen-bond acceptors (Lipinski definition) is 3. The summed E-state index contributed by atoms with van der Waals surface area (Å²) in [6.45, 7) is 0.621. The third kappa shape index (κ3) is 1.89. The Bertz CT molecular complexity index is 646. The molecule has 3 nitrogen and oxygen atoms in total. The van der Waals surface area contributed by atoms with E-state index in [0.717, 1.165) is 36.8 Å². The van der Waals surface area contributed by atoms with E-state index in [4.69, 9.17) is 9.47 Å². The van der Waals surface area contributed by atoms with Gasteiger partial charge in [0.25, 0.3) is 0 Å². The zero-order valence-electron chi connectivity index (χ0n) is 14.1. The summed E-state index contributed by atoms with van der Waals surface area (Å²) in [6, 6.07) is 20.0. The first-order chi connectivity index (χ1) is 11.7. The van der Waals surface area contributed by atoms with Crippen LogP contribution in [-0.4, -0.2) is 24.6 Å². The molecule has 126 valence electrons. The summed E-state index contributed by atoms with van der Waals surface area (Å²) in [6.07, 6.45) is 3.50. The van der Waals surface area contributed by atoms with Crippen molar-refractivity contribution >= 4 is 0 Å². The summed E-state index contributed by atoms with van der Waals surface area (Å²) < 4.78 is 12.1. The van der Waals surface area contributed by atoms with E-state index >= 15 is 0 Å². The first-order valence-corrected chi connectivity index (χ1v) is 8.71. The summed E-state index contributed by atoms with van der Waals surface area (Å²) in [7, 11) is 1.71. The molecule has 0 unspecified atom stereocenters. The van der Waals surface area contributed by atoms with Crippen LogP contribution in [0.4, 0.5) is 0 Å². The van der Waals surface area contributed by atoms with Gasteiger partial charge >= 0.3 is 0 Å². The van der Waals surface area contributed by atoms with E-state index in [2.05, 4.69) is 0 Å². The molecule has 0 spiro atoms. The van der Waals surface area contributed by atoms with Crippen molar-refractivity contribution in [3.63, 3.8) is 0 Å². The molecule has 3 heteroatoms. The summed E-state index contributed by atoms with van der Waals surface area (Å²) in [5, 5.41) is 12.3. The number of rotatable bonds is 4. The average Bonchev–Trinajstić information content (AvgIpc) is 3.19. The van der Waals surface area contributed by atoms with E-state index in [9.17, 15) is 5.11 Å². The molecule has 2 atom stereocenters. The first kappa shape index (κ1) is 15.8. The van der Waals surface area contributed by atoms with Gasteiger partial charge in [-0.3, -0.25) is 0 Å². The van der Waals surface area contributed by atoms with Crippen LogP contribution in [0.5, 0.6) is 0 Å². The van der Waals surface area contributed by atoms with Gasteiger partial charge in [-0.1, -0.05) is 60.7 Å². The van der Waals surface area contributed by atoms with Gasteiger partial charge in [-0.25, -0.2) is 0 Å². The number of fused-ring (bicyclic) bond motifs is 1. The lowest BCUT2D eigenvalue weighted by Gasteiger charge is -2.50. The summed E-state index contributed by atoms with van der Waals surface area (Å²) in [5.74, 6) is -0.715. The van der Waals surface area contributed by atoms with E-state index in [1.54, 1.807) is 7.11 Å². The highest BCUT2D eigenvalue weighted by Gasteiger charge is 2.70. The fourth-order valence-electron chi connectivity index (χ4n) is 5.04. The Morgan fingerprint density at radius 2 is 1.50 bits per heavy atom. The molecule has 1 N–H and O–H groups in total. The van der Waals surface area contributed by atoms with Crippen LogP contribution >= 0.6 is 0 Å². The molecular formula is C21H24O3. The number of methoxy groups -OCH3 is 1. The van der Waals surface area contributed by atoms with Crippen molar-refractivity contribution in [2.75, 3.05) is 13.7 Å². The van der Waals surface area contributed by atoms with Crippen LogP contribution < -0.4 is 0 Å². The molecule has 0 aromatic heterocycles. The van der Waals surface area contributed by atoms with Crippen LogP contribution in [0, 0.1) is 5.41 Å². The van der Waals surface area contributed by atoms with Crippen LogP contribution in [0.1, 0.15) is 36.8 Å². The number of aliphatic hydroxyl groups is 1. The van der Waals surface area contributed by atoms with Gasteiger partial charge in [0.2, 0.25) is 0 Å². The van der Waals surface area contributed by atoms with E-state index < -0.39 is 16.8 Å². The van der Waals surface area contributed by atoms with Crippen molar-refractivity contribution < 1.29 is 14.6 Å². The van der Waals surface area contributed by atoms with Crippen molar-refractivity contribution in [2.24, 2.45) is 5.41 Å². The van der Waals surface area contributed by atoms with Crippen LogP contribution in [0.3, 0.4) is 0 Å². The molecule has 1 aliphatic carbocycles. The second-order valence-corrected chi connectivity index (χ2v) is 6.93. The summed E-state index contributed by atoms with van der Waals surface area (Å²) in [5.41, 5.74) is 0.200. The number of ether oxygens (including phenoxy) is 2. The Kier molecular flexibility index (Phi) is 3.75. The molecule has 2 aromatic rings. The van der Waals surface area contributed by atoms with Crippen molar-refractivity contribution in [1.29, 1.82) is 0 Å². The predicted octanol–water partition coefficient (Wildman–Crippen LogP) is 3.86. The highest BCUT2D eigenvalue weighted by atomic mass is 16.7. The van der Waals surface area contributed by atoms with Gasteiger partial charge in [0.1, 0.15) is 5.60 Å². The molecular weight excluding hydrogens is 300 g/mol. The highest BCUT2D eigenvalue weighted by molar-refractivity contribution is 5.41. The van der Waals surface area contributed by atoms with Gasteiger partial charge in [0.05, 0.1) is 12.0 Å². The lowest BCUT2D eigenvalue weighted by atomic mass is 9.61. The lowest BCUT2D eigenvalue weighted by Crippen LogP contribution is -2.56. The van der Waals surface area contributed by atoms with Crippen LogP contribution in [0.25, 0.3) is 0 Å². The van der Waals surface area contributed by atoms with Crippen molar-refractivity contribution in [3.05, 3.63) is 71.8 Å². The molecule has 0 amide bonds. The smallest absolute Gasteiger partial charge is 0.176 e. The maximum atomic E-state index is 12.3. The van der Waals surface area contributed by atoms with Gasteiger partial charge in [0, 0.05) is 13.5 Å². The zero-order chi connectivity index (χ0) is 16.7. The molecule has 2 aliphatic rings. The largest absolute Gasteiger partial charge is 0.380 e.